The van der Waals surface area contributed by atoms with Gasteiger partial charge in [-0.3, -0.25) is 4.99 Å². The third-order valence-electron chi connectivity index (χ3n) is 5.15. The van der Waals surface area contributed by atoms with Crippen LogP contribution in [0.5, 0.6) is 0 Å². The summed E-state index contributed by atoms with van der Waals surface area (Å²) in [5, 5.41) is 15.2. The van der Waals surface area contributed by atoms with Gasteiger partial charge in [0.25, 0.3) is 0 Å². The number of likely N-dealkylation sites (tertiary alicyclic amines) is 1. The van der Waals surface area contributed by atoms with Gasteiger partial charge in [0.15, 0.2) is 15.8 Å². The summed E-state index contributed by atoms with van der Waals surface area (Å²) >= 11 is 1.18. The Morgan fingerprint density at radius 2 is 2.23 bits per heavy atom. The van der Waals surface area contributed by atoms with E-state index >= 15 is 0 Å². The van der Waals surface area contributed by atoms with Crippen molar-refractivity contribution in [3.8, 4) is 0 Å². The van der Waals surface area contributed by atoms with Gasteiger partial charge in [-0.05, 0) is 43.0 Å². The fourth-order valence-electron chi connectivity index (χ4n) is 3.65. The molecule has 1 atom stereocenters. The number of nitrogens with zero attached hydrogens (tertiary/aromatic N) is 2. The molecule has 1 saturated heterocycles. The van der Waals surface area contributed by atoms with Gasteiger partial charge in [0, 0.05) is 19.6 Å². The number of nitrogens with one attached hydrogen (secondary N) is 1. The van der Waals surface area contributed by atoms with Crippen LogP contribution in [0, 0.1) is 5.41 Å². The quantitative estimate of drug-likeness (QED) is 0.347. The van der Waals surface area contributed by atoms with Crippen molar-refractivity contribution in [2.45, 2.75) is 42.9 Å². The Morgan fingerprint density at radius 1 is 1.46 bits per heavy atom. The van der Waals surface area contributed by atoms with E-state index < -0.39 is 15.9 Å². The van der Waals surface area contributed by atoms with Crippen molar-refractivity contribution < 1.29 is 13.5 Å². The van der Waals surface area contributed by atoms with Crippen molar-refractivity contribution in [2.24, 2.45) is 10.4 Å². The first kappa shape index (κ1) is 21.9. The van der Waals surface area contributed by atoms with Crippen molar-refractivity contribution in [3.63, 3.8) is 0 Å². The molecule has 2 N–H and O–H groups in total. The maximum Gasteiger partial charge on any atom is 0.194 e. The van der Waals surface area contributed by atoms with E-state index in [-0.39, 0.29) is 36.3 Å². The Hall–Kier alpha value is -0.390. The number of guanidine groups is 1. The molecule has 6 nitrogen and oxygen atoms in total. The summed E-state index contributed by atoms with van der Waals surface area (Å²) in [6.07, 6.45) is 4.11. The lowest BCUT2D eigenvalue weighted by Gasteiger charge is -2.38. The van der Waals surface area contributed by atoms with E-state index in [0.717, 1.165) is 25.6 Å². The standard InChI is InChI=1S/C17H27N3O3S2.HI/c1-2-18-16(20-9-8-17(13-20)6-4-7-17)19-11-14(21)12-25(22,23)15-5-3-10-24-15;/h3,5,10,14,21H,2,4,6-9,11-13H2,1H3,(H,18,19);1H. The molecule has 0 aromatic carbocycles. The Balaban J connectivity index is 0.00000243. The molecule has 1 saturated carbocycles. The van der Waals surface area contributed by atoms with Gasteiger partial charge >= 0.3 is 0 Å². The van der Waals surface area contributed by atoms with Gasteiger partial charge in [-0.25, -0.2) is 8.42 Å². The molecule has 0 radical (unpaired) electrons. The molecule has 2 aliphatic rings. The van der Waals surface area contributed by atoms with Gasteiger partial charge in [-0.1, -0.05) is 12.5 Å². The highest BCUT2D eigenvalue weighted by Gasteiger charge is 2.43. The zero-order chi connectivity index (χ0) is 17.9. The van der Waals surface area contributed by atoms with Crippen LogP contribution in [0.2, 0.25) is 0 Å². The van der Waals surface area contributed by atoms with Gasteiger partial charge in [-0.15, -0.1) is 35.3 Å². The monoisotopic (exact) mass is 513 g/mol. The summed E-state index contributed by atoms with van der Waals surface area (Å²) in [6, 6.07) is 3.28. The van der Waals surface area contributed by atoms with Gasteiger partial charge in [0.1, 0.15) is 4.21 Å². The van der Waals surface area contributed by atoms with Crippen molar-refractivity contribution in [2.75, 3.05) is 31.9 Å². The van der Waals surface area contributed by atoms with E-state index in [1.807, 2.05) is 6.92 Å². The lowest BCUT2D eigenvalue weighted by atomic mass is 9.68. The molecule has 2 fully saturated rings. The zero-order valence-electron chi connectivity index (χ0n) is 15.1. The number of sulfone groups is 1. The van der Waals surface area contributed by atoms with E-state index in [1.165, 1.54) is 37.0 Å². The number of aliphatic hydroxyl groups excluding tert-OH is 1. The van der Waals surface area contributed by atoms with Crippen LogP contribution in [0.1, 0.15) is 32.6 Å². The molecule has 1 aliphatic heterocycles. The first-order valence-corrected chi connectivity index (χ1v) is 11.4. The number of aliphatic imine (C=N–C) groups is 1. The summed E-state index contributed by atoms with van der Waals surface area (Å²) in [7, 11) is -3.44. The van der Waals surface area contributed by atoms with E-state index in [4.69, 9.17) is 0 Å². The smallest absolute Gasteiger partial charge is 0.194 e. The van der Waals surface area contributed by atoms with Gasteiger partial charge in [0.05, 0.1) is 18.4 Å². The number of halogens is 1. The van der Waals surface area contributed by atoms with Crippen LogP contribution in [0.4, 0.5) is 0 Å². The second-order valence-corrected chi connectivity index (χ2v) is 10.3. The Labute approximate surface area is 177 Å². The molecule has 0 amide bonds. The first-order chi connectivity index (χ1) is 11.9. The Kier molecular flexibility index (Phi) is 7.75. The molecule has 1 spiro atoms. The van der Waals surface area contributed by atoms with Gasteiger partial charge in [-0.2, -0.15) is 0 Å². The highest BCUT2D eigenvalue weighted by atomic mass is 127. The van der Waals surface area contributed by atoms with Crippen LogP contribution in [0.15, 0.2) is 26.7 Å². The molecule has 3 rings (SSSR count). The minimum absolute atomic E-state index is 0. The van der Waals surface area contributed by atoms with Crippen molar-refractivity contribution >= 4 is 51.1 Å². The SMILES string of the molecule is CCNC(=NCC(O)CS(=O)(=O)c1cccs1)N1CCC2(CCC2)C1.I. The van der Waals surface area contributed by atoms with Crippen LogP contribution >= 0.6 is 35.3 Å². The maximum absolute atomic E-state index is 12.2. The molecule has 148 valence electrons. The number of hydrogen-bond acceptors (Lipinski definition) is 5. The Bertz CT molecular complexity index is 703. The van der Waals surface area contributed by atoms with Crippen LogP contribution in [-0.4, -0.2) is 62.4 Å². The predicted octanol–water partition coefficient (Wildman–Crippen LogP) is 2.34. The first-order valence-electron chi connectivity index (χ1n) is 8.92. The lowest BCUT2D eigenvalue weighted by molar-refractivity contribution is 0.151. The maximum atomic E-state index is 12.2. The molecule has 1 unspecified atom stereocenters. The topological polar surface area (TPSA) is 82.0 Å². The summed E-state index contributed by atoms with van der Waals surface area (Å²) in [5.41, 5.74) is 0.470. The van der Waals surface area contributed by atoms with Crippen molar-refractivity contribution in [1.29, 1.82) is 0 Å². The third-order valence-corrected chi connectivity index (χ3v) is 8.44. The van der Waals surface area contributed by atoms with Crippen LogP contribution in [0.3, 0.4) is 0 Å². The van der Waals surface area contributed by atoms with Crippen molar-refractivity contribution in [3.05, 3.63) is 17.5 Å². The van der Waals surface area contributed by atoms with E-state index in [2.05, 4.69) is 15.2 Å². The largest absolute Gasteiger partial charge is 0.390 e. The van der Waals surface area contributed by atoms with Crippen LogP contribution in [0.25, 0.3) is 0 Å². The van der Waals surface area contributed by atoms with Crippen LogP contribution < -0.4 is 5.32 Å². The molecule has 1 aliphatic carbocycles. The number of thiophene rings is 1. The molecule has 26 heavy (non-hydrogen) atoms. The Morgan fingerprint density at radius 3 is 2.77 bits per heavy atom. The molecule has 9 heteroatoms. The summed E-state index contributed by atoms with van der Waals surface area (Å²) in [6.45, 7) is 4.86. The second kappa shape index (κ2) is 9.20. The molecule has 1 aromatic rings. The van der Waals surface area contributed by atoms with E-state index in [1.54, 1.807) is 17.5 Å². The normalized spacial score (nSPS) is 20.5. The average molecular weight is 513 g/mol. The zero-order valence-corrected chi connectivity index (χ0v) is 19.0. The minimum atomic E-state index is -3.44. The molecular formula is C17H28IN3O3S2. The highest BCUT2D eigenvalue weighted by molar-refractivity contribution is 14.0. The molecule has 1 aromatic heterocycles. The lowest BCUT2D eigenvalue weighted by Crippen LogP contribution is -2.43. The predicted molar refractivity (Wildman–Crippen MR) is 116 cm³/mol. The number of aliphatic hydroxyl groups is 1. The summed E-state index contributed by atoms with van der Waals surface area (Å²) in [4.78, 5) is 6.76. The van der Waals surface area contributed by atoms with E-state index in [0.29, 0.717) is 9.62 Å². The fourth-order valence-corrected chi connectivity index (χ4v) is 6.11. The van der Waals surface area contributed by atoms with Crippen molar-refractivity contribution in [1.82, 2.24) is 10.2 Å². The summed E-state index contributed by atoms with van der Waals surface area (Å²) in [5.74, 6) is 0.499. The fraction of sp³-hybridized carbons (Fsp3) is 0.706. The molecule has 2 heterocycles. The average Bonchev–Trinajstić information content (AvgIpc) is 3.19. The van der Waals surface area contributed by atoms with Crippen LogP contribution in [-0.2, 0) is 9.84 Å². The van der Waals surface area contributed by atoms with Gasteiger partial charge < -0.3 is 15.3 Å². The summed E-state index contributed by atoms with van der Waals surface area (Å²) < 4.78 is 24.8. The number of rotatable bonds is 6. The molecule has 0 bridgehead atoms. The van der Waals surface area contributed by atoms with Gasteiger partial charge in [0.2, 0.25) is 0 Å². The molecular weight excluding hydrogens is 485 g/mol. The number of hydrogen-bond donors (Lipinski definition) is 2. The van der Waals surface area contributed by atoms with E-state index in [9.17, 15) is 13.5 Å². The third kappa shape index (κ3) is 5.11. The minimum Gasteiger partial charge on any atom is -0.390 e. The second-order valence-electron chi connectivity index (χ2n) is 7.09. The highest BCUT2D eigenvalue weighted by Crippen LogP contribution is 2.47.